The van der Waals surface area contributed by atoms with Crippen LogP contribution in [0.1, 0.15) is 40.9 Å². The molecule has 6 nitrogen and oxygen atoms in total. The van der Waals surface area contributed by atoms with Crippen LogP contribution in [0.2, 0.25) is 0 Å². The van der Waals surface area contributed by atoms with Crippen molar-refractivity contribution >= 4 is 17.7 Å². The molecule has 0 bridgehead atoms. The molecule has 0 spiro atoms. The first-order chi connectivity index (χ1) is 16.5. The number of hydrogen-bond donors (Lipinski definition) is 0. The molecule has 176 valence electrons. The van der Waals surface area contributed by atoms with Gasteiger partial charge in [0.2, 0.25) is 5.91 Å². The Kier molecular flexibility index (Phi) is 6.57. The number of amides is 1. The number of piperazine rings is 1. The Balaban J connectivity index is 1.27. The van der Waals surface area contributed by atoms with Crippen LogP contribution < -0.4 is 5.56 Å². The van der Waals surface area contributed by atoms with Crippen LogP contribution in [0, 0.1) is 13.8 Å². The smallest absolute Gasteiger partial charge is 0.257 e. The first-order valence-corrected chi connectivity index (χ1v) is 12.9. The number of nitrogens with zero attached hydrogens (tertiary/aromatic N) is 4. The number of aromatic nitrogens is 2. The van der Waals surface area contributed by atoms with Gasteiger partial charge in [-0.15, -0.1) is 0 Å². The molecule has 2 aliphatic rings. The number of fused-ring (bicyclic) bond motifs is 1. The Hall–Kier alpha value is -2.90. The molecule has 5 rings (SSSR count). The molecular weight excluding hydrogens is 444 g/mol. The number of benzene rings is 2. The van der Waals surface area contributed by atoms with Crippen molar-refractivity contribution in [1.29, 1.82) is 0 Å². The van der Waals surface area contributed by atoms with Crippen LogP contribution in [0.4, 0.5) is 0 Å². The third kappa shape index (κ3) is 4.42. The fourth-order valence-corrected chi connectivity index (χ4v) is 6.15. The molecular formula is C27H30N4O2S. The molecule has 3 heterocycles. The van der Waals surface area contributed by atoms with Gasteiger partial charge in [-0.3, -0.25) is 19.1 Å². The van der Waals surface area contributed by atoms with Gasteiger partial charge in [-0.05, 0) is 25.0 Å². The molecule has 1 atom stereocenters. The molecule has 7 heteroatoms. The van der Waals surface area contributed by atoms with E-state index in [-0.39, 0.29) is 23.6 Å². The normalized spacial score (nSPS) is 18.3. The lowest BCUT2D eigenvalue weighted by Gasteiger charge is -2.40. The molecule has 2 aliphatic heterocycles. The zero-order chi connectivity index (χ0) is 23.7. The molecule has 1 unspecified atom stereocenters. The summed E-state index contributed by atoms with van der Waals surface area (Å²) in [5.74, 6) is 0.847. The Labute approximate surface area is 204 Å². The van der Waals surface area contributed by atoms with E-state index in [9.17, 15) is 9.59 Å². The van der Waals surface area contributed by atoms with Crippen molar-refractivity contribution in [3.8, 4) is 0 Å². The Morgan fingerprint density at radius 3 is 2.15 bits per heavy atom. The second-order valence-corrected chi connectivity index (χ2v) is 10.1. The molecule has 0 N–H and O–H groups in total. The van der Waals surface area contributed by atoms with Gasteiger partial charge >= 0.3 is 0 Å². The van der Waals surface area contributed by atoms with Gasteiger partial charge < -0.3 is 4.90 Å². The highest BCUT2D eigenvalue weighted by Crippen LogP contribution is 2.33. The zero-order valence-electron chi connectivity index (χ0n) is 19.7. The van der Waals surface area contributed by atoms with Crippen molar-refractivity contribution < 1.29 is 4.79 Å². The second kappa shape index (κ2) is 9.76. The summed E-state index contributed by atoms with van der Waals surface area (Å²) in [6.45, 7) is 6.71. The molecule has 1 aromatic heterocycles. The van der Waals surface area contributed by atoms with Crippen LogP contribution in [0.3, 0.4) is 0 Å². The lowest BCUT2D eigenvalue weighted by Crippen LogP contribution is -2.50. The number of carbonyl (C=O) groups excluding carboxylic acids is 1. The zero-order valence-corrected chi connectivity index (χ0v) is 20.5. The lowest BCUT2D eigenvalue weighted by molar-refractivity contribution is -0.133. The third-order valence-electron chi connectivity index (χ3n) is 6.99. The summed E-state index contributed by atoms with van der Waals surface area (Å²) in [6, 6.07) is 21.2. The summed E-state index contributed by atoms with van der Waals surface area (Å²) in [6.07, 6.45) is 0.352. The van der Waals surface area contributed by atoms with Gasteiger partial charge in [0.05, 0.1) is 12.1 Å². The van der Waals surface area contributed by atoms with E-state index >= 15 is 0 Å². The van der Waals surface area contributed by atoms with Crippen LogP contribution in [0.5, 0.6) is 0 Å². The molecule has 0 saturated carbocycles. The highest BCUT2D eigenvalue weighted by Gasteiger charge is 2.32. The summed E-state index contributed by atoms with van der Waals surface area (Å²) in [7, 11) is 0. The largest absolute Gasteiger partial charge is 0.340 e. The predicted molar refractivity (Wildman–Crippen MR) is 135 cm³/mol. The molecule has 1 fully saturated rings. The third-order valence-corrected chi connectivity index (χ3v) is 8.09. The Morgan fingerprint density at radius 2 is 1.56 bits per heavy atom. The predicted octanol–water partition coefficient (Wildman–Crippen LogP) is 3.83. The molecule has 1 amide bonds. The maximum atomic E-state index is 13.2. The highest BCUT2D eigenvalue weighted by molar-refractivity contribution is 7.99. The van der Waals surface area contributed by atoms with E-state index in [1.165, 1.54) is 11.1 Å². The highest BCUT2D eigenvalue weighted by atomic mass is 32.2. The van der Waals surface area contributed by atoms with Gasteiger partial charge in [-0.25, -0.2) is 4.98 Å². The van der Waals surface area contributed by atoms with Crippen LogP contribution >= 0.6 is 11.8 Å². The summed E-state index contributed by atoms with van der Waals surface area (Å²) in [5.41, 5.74) is 3.98. The average molecular weight is 475 g/mol. The van der Waals surface area contributed by atoms with Gasteiger partial charge in [0.1, 0.15) is 0 Å². The van der Waals surface area contributed by atoms with Gasteiger partial charge in [-0.2, -0.15) is 0 Å². The number of rotatable bonds is 5. The number of carbonyl (C=O) groups is 1. The van der Waals surface area contributed by atoms with E-state index < -0.39 is 0 Å². The fourth-order valence-electron chi connectivity index (χ4n) is 4.97. The lowest BCUT2D eigenvalue weighted by atomic mass is 9.96. The van der Waals surface area contributed by atoms with Gasteiger partial charge in [0, 0.05) is 49.6 Å². The molecule has 34 heavy (non-hydrogen) atoms. The summed E-state index contributed by atoms with van der Waals surface area (Å²) in [5, 5.41) is 0.740. The SMILES string of the molecule is Cc1nc2n(c(=O)c1C)C(CC(=O)N1CCN(C(c3ccccc3)c3ccccc3)CC1)CS2. The minimum Gasteiger partial charge on any atom is -0.340 e. The van der Waals surface area contributed by atoms with Crippen molar-refractivity contribution in [3.05, 3.63) is 93.4 Å². The van der Waals surface area contributed by atoms with Crippen molar-refractivity contribution in [2.24, 2.45) is 0 Å². The first kappa shape index (κ1) is 22.9. The number of hydrogen-bond acceptors (Lipinski definition) is 5. The van der Waals surface area contributed by atoms with E-state index in [1.54, 1.807) is 16.3 Å². The molecule has 2 aromatic carbocycles. The quantitative estimate of drug-likeness (QED) is 0.526. The number of thioether (sulfide) groups is 1. The Bertz CT molecular complexity index is 1180. The van der Waals surface area contributed by atoms with E-state index in [0.717, 1.165) is 29.7 Å². The molecule has 3 aromatic rings. The first-order valence-electron chi connectivity index (χ1n) is 11.9. The minimum atomic E-state index is -0.119. The Morgan fingerprint density at radius 1 is 0.971 bits per heavy atom. The van der Waals surface area contributed by atoms with Crippen molar-refractivity contribution in [1.82, 2.24) is 19.4 Å². The van der Waals surface area contributed by atoms with Crippen LogP contribution in [-0.2, 0) is 4.79 Å². The fraction of sp³-hybridized carbons (Fsp3) is 0.370. The topological polar surface area (TPSA) is 58.4 Å². The van der Waals surface area contributed by atoms with Gasteiger partial charge in [0.15, 0.2) is 5.16 Å². The minimum absolute atomic E-state index is 0.0105. The van der Waals surface area contributed by atoms with Crippen molar-refractivity contribution in [2.45, 2.75) is 37.5 Å². The van der Waals surface area contributed by atoms with Crippen LogP contribution in [0.25, 0.3) is 0 Å². The van der Waals surface area contributed by atoms with Crippen molar-refractivity contribution in [3.63, 3.8) is 0 Å². The summed E-state index contributed by atoms with van der Waals surface area (Å²) < 4.78 is 1.74. The average Bonchev–Trinajstić information content (AvgIpc) is 3.26. The standard InChI is InChI=1S/C27H30N4O2S/c1-19-20(2)28-27-31(26(19)33)23(18-34-27)17-24(32)29-13-15-30(16-14-29)25(21-9-5-3-6-10-21)22-11-7-4-8-12-22/h3-12,23,25H,13-18H2,1-2H3. The number of aryl methyl sites for hydroxylation is 1. The van der Waals surface area contributed by atoms with Gasteiger partial charge in [0.25, 0.3) is 5.56 Å². The van der Waals surface area contributed by atoms with E-state index in [2.05, 4.69) is 58.4 Å². The molecule has 0 radical (unpaired) electrons. The molecule has 1 saturated heterocycles. The monoisotopic (exact) mass is 474 g/mol. The maximum absolute atomic E-state index is 13.2. The maximum Gasteiger partial charge on any atom is 0.257 e. The van der Waals surface area contributed by atoms with Gasteiger partial charge in [-0.1, -0.05) is 72.4 Å². The van der Waals surface area contributed by atoms with E-state index in [4.69, 9.17) is 0 Å². The second-order valence-electron chi connectivity index (χ2n) is 9.09. The summed E-state index contributed by atoms with van der Waals surface area (Å²) in [4.78, 5) is 35.0. The molecule has 0 aliphatic carbocycles. The van der Waals surface area contributed by atoms with Crippen molar-refractivity contribution in [2.75, 3.05) is 31.9 Å². The summed E-state index contributed by atoms with van der Waals surface area (Å²) >= 11 is 1.57. The van der Waals surface area contributed by atoms with E-state index in [0.29, 0.717) is 25.1 Å². The van der Waals surface area contributed by atoms with Crippen LogP contribution in [0.15, 0.2) is 70.6 Å². The van der Waals surface area contributed by atoms with E-state index in [1.807, 2.05) is 30.9 Å². The van der Waals surface area contributed by atoms with Crippen LogP contribution in [-0.4, -0.2) is 57.2 Å².